The summed E-state index contributed by atoms with van der Waals surface area (Å²) in [5.74, 6) is 5.76. The number of aromatic carboxylic acids is 1. The molecule has 1 N–H and O–H groups in total. The average Bonchev–Trinajstić information content (AvgIpc) is 3.40. The van der Waals surface area contributed by atoms with Gasteiger partial charge in [-0.1, -0.05) is 57.5 Å². The van der Waals surface area contributed by atoms with E-state index in [-0.39, 0.29) is 27.9 Å². The lowest BCUT2D eigenvalue weighted by atomic mass is 9.73. The third-order valence-corrected chi connectivity index (χ3v) is 7.49. The van der Waals surface area contributed by atoms with E-state index in [9.17, 15) is 14.7 Å². The van der Waals surface area contributed by atoms with Crippen LogP contribution in [0, 0.1) is 29.1 Å². The maximum absolute atomic E-state index is 13.9. The second kappa shape index (κ2) is 10.4. The molecular weight excluding hydrogens is 448 g/mol. The van der Waals surface area contributed by atoms with E-state index >= 15 is 0 Å². The van der Waals surface area contributed by atoms with Crippen LogP contribution in [0.4, 0.5) is 0 Å². The fourth-order valence-corrected chi connectivity index (χ4v) is 5.29. The molecule has 7 heteroatoms. The molecule has 6 nitrogen and oxygen atoms in total. The van der Waals surface area contributed by atoms with Gasteiger partial charge in [-0.3, -0.25) is 4.79 Å². The van der Waals surface area contributed by atoms with E-state index in [1.165, 1.54) is 0 Å². The SMILES string of the molecule is CC(C)c1noc(C(C)C(c2cc(C#CC(C)(C)C)sc2C(=O)O)C(=O)[C@H]2CC[C@H](C)CC2)n1. The van der Waals surface area contributed by atoms with Crippen molar-refractivity contribution in [1.29, 1.82) is 0 Å². The molecule has 2 unspecified atom stereocenters. The molecule has 184 valence electrons. The summed E-state index contributed by atoms with van der Waals surface area (Å²) in [5, 5.41) is 14.1. The molecule has 2 aromatic rings. The van der Waals surface area contributed by atoms with Crippen molar-refractivity contribution in [3.63, 3.8) is 0 Å². The number of thiophene rings is 1. The van der Waals surface area contributed by atoms with E-state index in [1.54, 1.807) is 6.07 Å². The first-order valence-corrected chi connectivity index (χ1v) is 13.0. The van der Waals surface area contributed by atoms with Crippen LogP contribution < -0.4 is 0 Å². The Morgan fingerprint density at radius 1 is 1.18 bits per heavy atom. The van der Waals surface area contributed by atoms with Crippen molar-refractivity contribution < 1.29 is 19.2 Å². The lowest BCUT2D eigenvalue weighted by Crippen LogP contribution is -2.29. The third-order valence-electron chi connectivity index (χ3n) is 6.44. The minimum atomic E-state index is -1.04. The molecule has 0 spiro atoms. The van der Waals surface area contributed by atoms with Crippen molar-refractivity contribution in [2.24, 2.45) is 17.3 Å². The highest BCUT2D eigenvalue weighted by Gasteiger charge is 2.39. The maximum atomic E-state index is 13.9. The molecule has 0 bridgehead atoms. The first-order valence-electron chi connectivity index (χ1n) is 12.1. The Balaban J connectivity index is 2.08. The molecule has 1 aliphatic carbocycles. The molecule has 0 saturated heterocycles. The Bertz CT molecular complexity index is 1090. The van der Waals surface area contributed by atoms with E-state index in [1.807, 2.05) is 41.5 Å². The molecule has 0 aromatic carbocycles. The van der Waals surface area contributed by atoms with E-state index in [0.29, 0.717) is 28.1 Å². The van der Waals surface area contributed by atoms with Crippen LogP contribution in [0.15, 0.2) is 10.6 Å². The molecular formula is C27H36N2O4S. The van der Waals surface area contributed by atoms with Crippen molar-refractivity contribution >= 4 is 23.1 Å². The van der Waals surface area contributed by atoms with Gasteiger partial charge >= 0.3 is 5.97 Å². The van der Waals surface area contributed by atoms with Crippen LogP contribution in [0.2, 0.25) is 0 Å². The van der Waals surface area contributed by atoms with Gasteiger partial charge in [-0.15, -0.1) is 11.3 Å². The lowest BCUT2D eigenvalue weighted by Gasteiger charge is -2.30. The van der Waals surface area contributed by atoms with Crippen molar-refractivity contribution in [2.75, 3.05) is 0 Å². The number of carbonyl (C=O) groups excluding carboxylic acids is 1. The predicted octanol–water partition coefficient (Wildman–Crippen LogP) is 6.63. The Hall–Kier alpha value is -2.46. The molecule has 2 atom stereocenters. The molecule has 0 aliphatic heterocycles. The quantitative estimate of drug-likeness (QED) is 0.443. The Morgan fingerprint density at radius 3 is 2.35 bits per heavy atom. The summed E-state index contributed by atoms with van der Waals surface area (Å²) in [6.07, 6.45) is 3.67. The number of carboxylic acid groups (broad SMARTS) is 1. The Kier molecular flexibility index (Phi) is 8.02. The predicted molar refractivity (Wildman–Crippen MR) is 133 cm³/mol. The first kappa shape index (κ1) is 26.2. The average molecular weight is 485 g/mol. The monoisotopic (exact) mass is 484 g/mol. The summed E-state index contributed by atoms with van der Waals surface area (Å²) < 4.78 is 5.56. The molecule has 0 radical (unpaired) electrons. The molecule has 3 rings (SSSR count). The smallest absolute Gasteiger partial charge is 0.346 e. The fourth-order valence-electron chi connectivity index (χ4n) is 4.39. The number of carboxylic acids is 1. The van der Waals surface area contributed by atoms with Crippen molar-refractivity contribution in [3.8, 4) is 11.8 Å². The van der Waals surface area contributed by atoms with Crippen LogP contribution in [0.5, 0.6) is 0 Å². The number of hydrogen-bond donors (Lipinski definition) is 1. The maximum Gasteiger partial charge on any atom is 0.346 e. The fraction of sp³-hybridized carbons (Fsp3) is 0.630. The van der Waals surface area contributed by atoms with Crippen molar-refractivity contribution in [3.05, 3.63) is 33.1 Å². The topological polar surface area (TPSA) is 93.3 Å². The van der Waals surface area contributed by atoms with Crippen LogP contribution >= 0.6 is 11.3 Å². The number of carbonyl (C=O) groups is 2. The van der Waals surface area contributed by atoms with Gasteiger partial charge in [0.25, 0.3) is 0 Å². The zero-order valence-corrected chi connectivity index (χ0v) is 22.1. The van der Waals surface area contributed by atoms with Crippen molar-refractivity contribution in [2.45, 2.75) is 91.9 Å². The summed E-state index contributed by atoms with van der Waals surface area (Å²) in [5.41, 5.74) is 0.294. The zero-order valence-electron chi connectivity index (χ0n) is 21.3. The minimum Gasteiger partial charge on any atom is -0.477 e. The van der Waals surface area contributed by atoms with Crippen LogP contribution in [0.25, 0.3) is 0 Å². The largest absolute Gasteiger partial charge is 0.477 e. The number of rotatable bonds is 7. The molecule has 1 fully saturated rings. The summed E-state index contributed by atoms with van der Waals surface area (Å²) in [7, 11) is 0. The van der Waals surface area contributed by atoms with Gasteiger partial charge in [0.1, 0.15) is 10.7 Å². The number of aromatic nitrogens is 2. The van der Waals surface area contributed by atoms with Gasteiger partial charge < -0.3 is 9.63 Å². The Morgan fingerprint density at radius 2 is 1.82 bits per heavy atom. The molecule has 1 aliphatic rings. The van der Waals surface area contributed by atoms with Gasteiger partial charge in [0.15, 0.2) is 5.82 Å². The standard InChI is InChI=1S/C27H36N2O4S/c1-15(2)24-28-25(33-29-24)17(4)21(22(30)18-10-8-16(3)9-11-18)20-14-19(12-13-27(5,6)7)34-23(20)26(31)32/h14-18,21H,8-11H2,1-7H3,(H,31,32)/t16-,17?,18-,21?. The molecule has 2 aromatic heterocycles. The van der Waals surface area contributed by atoms with Gasteiger partial charge in [-0.25, -0.2) is 4.79 Å². The van der Waals surface area contributed by atoms with Gasteiger partial charge in [0.2, 0.25) is 5.89 Å². The van der Waals surface area contributed by atoms with Gasteiger partial charge in [0, 0.05) is 23.2 Å². The van der Waals surface area contributed by atoms with E-state index < -0.39 is 17.8 Å². The van der Waals surface area contributed by atoms with Crippen LogP contribution in [-0.4, -0.2) is 27.0 Å². The van der Waals surface area contributed by atoms with Gasteiger partial charge in [0.05, 0.1) is 10.8 Å². The van der Waals surface area contributed by atoms with E-state index in [4.69, 9.17) is 4.52 Å². The molecule has 0 amide bonds. The molecule has 2 heterocycles. The van der Waals surface area contributed by atoms with Crippen molar-refractivity contribution in [1.82, 2.24) is 10.1 Å². The highest BCUT2D eigenvalue weighted by Crippen LogP contribution is 2.42. The number of nitrogens with zero attached hydrogens (tertiary/aromatic N) is 2. The van der Waals surface area contributed by atoms with Gasteiger partial charge in [-0.05, 0) is 51.2 Å². The summed E-state index contributed by atoms with van der Waals surface area (Å²) in [6, 6.07) is 1.79. The third kappa shape index (κ3) is 6.15. The highest BCUT2D eigenvalue weighted by molar-refractivity contribution is 7.14. The molecule has 34 heavy (non-hydrogen) atoms. The Labute approximate surface area is 206 Å². The molecule has 1 saturated carbocycles. The number of hydrogen-bond acceptors (Lipinski definition) is 6. The second-order valence-electron chi connectivity index (χ2n) is 11.0. The second-order valence-corrected chi connectivity index (χ2v) is 12.0. The summed E-state index contributed by atoms with van der Waals surface area (Å²) in [4.78, 5) is 31.5. The van der Waals surface area contributed by atoms with E-state index in [0.717, 1.165) is 37.0 Å². The van der Waals surface area contributed by atoms with Crippen LogP contribution in [-0.2, 0) is 4.79 Å². The summed E-state index contributed by atoms with van der Waals surface area (Å²) in [6.45, 7) is 14.1. The number of ketones is 1. The number of Topliss-reactive ketones (excluding diaryl/α,β-unsaturated/α-hetero) is 1. The minimum absolute atomic E-state index is 0.0688. The summed E-state index contributed by atoms with van der Waals surface area (Å²) >= 11 is 1.13. The normalized spacial score (nSPS) is 20.5. The van der Waals surface area contributed by atoms with Crippen LogP contribution in [0.1, 0.15) is 124 Å². The lowest BCUT2D eigenvalue weighted by molar-refractivity contribution is -0.126. The van der Waals surface area contributed by atoms with Gasteiger partial charge in [-0.2, -0.15) is 4.98 Å². The highest BCUT2D eigenvalue weighted by atomic mass is 32.1. The first-order chi connectivity index (χ1) is 15.9. The van der Waals surface area contributed by atoms with Crippen LogP contribution in [0.3, 0.4) is 0 Å². The van der Waals surface area contributed by atoms with E-state index in [2.05, 4.69) is 28.9 Å². The zero-order chi connectivity index (χ0) is 25.2.